The Morgan fingerprint density at radius 2 is 1.87 bits per heavy atom. The third kappa shape index (κ3) is 1.27. The van der Waals surface area contributed by atoms with Gasteiger partial charge < -0.3 is 10.0 Å². The summed E-state index contributed by atoms with van der Waals surface area (Å²) in [6.07, 6.45) is 4.82. The topological polar surface area (TPSA) is 57.6 Å². The zero-order valence-electron chi connectivity index (χ0n) is 8.56. The number of carboxylic acids is 1. The average Bonchev–Trinajstić information content (AvgIpc) is 2.86. The number of fused-ring (bicyclic) bond motifs is 2. The Morgan fingerprint density at radius 1 is 1.13 bits per heavy atom. The Labute approximate surface area is 88.2 Å². The number of rotatable bonds is 2. The molecule has 0 aromatic rings. The van der Waals surface area contributed by atoms with E-state index in [1.807, 2.05) is 0 Å². The molecular weight excluding hydrogens is 194 g/mol. The molecule has 2 saturated carbocycles. The minimum absolute atomic E-state index is 0.106. The van der Waals surface area contributed by atoms with Crippen molar-refractivity contribution >= 4 is 11.9 Å². The van der Waals surface area contributed by atoms with E-state index in [2.05, 4.69) is 0 Å². The second kappa shape index (κ2) is 2.97. The molecular formula is C11H15NO3. The third-order valence-electron chi connectivity index (χ3n) is 4.02. The summed E-state index contributed by atoms with van der Waals surface area (Å²) in [5, 5.41) is 9.16. The molecule has 2 bridgehead atoms. The van der Waals surface area contributed by atoms with E-state index < -0.39 is 12.0 Å². The maximum atomic E-state index is 12.0. The molecule has 82 valence electrons. The molecule has 3 rings (SSSR count). The first kappa shape index (κ1) is 9.19. The van der Waals surface area contributed by atoms with Crippen molar-refractivity contribution in [1.82, 2.24) is 4.90 Å². The first-order valence-corrected chi connectivity index (χ1v) is 5.73. The van der Waals surface area contributed by atoms with Crippen LogP contribution in [0.15, 0.2) is 0 Å². The number of likely N-dealkylation sites (tertiary alicyclic amines) is 1. The molecule has 1 heterocycles. The lowest BCUT2D eigenvalue weighted by Crippen LogP contribution is -2.49. The molecule has 4 nitrogen and oxygen atoms in total. The molecule has 0 radical (unpaired) electrons. The maximum absolute atomic E-state index is 12.0. The number of nitrogens with zero attached hydrogens (tertiary/aromatic N) is 1. The van der Waals surface area contributed by atoms with Crippen LogP contribution in [0.3, 0.4) is 0 Å². The van der Waals surface area contributed by atoms with E-state index in [0.717, 1.165) is 32.1 Å². The van der Waals surface area contributed by atoms with Crippen molar-refractivity contribution in [3.05, 3.63) is 0 Å². The van der Waals surface area contributed by atoms with Crippen LogP contribution in [-0.2, 0) is 9.59 Å². The fraction of sp³-hybridized carbons (Fsp3) is 0.818. The summed E-state index contributed by atoms with van der Waals surface area (Å²) in [5.41, 5.74) is 0. The first-order valence-electron chi connectivity index (χ1n) is 5.73. The number of carbonyl (C=O) groups excluding carboxylic acids is 1. The normalized spacial score (nSPS) is 38.4. The number of carbonyl (C=O) groups is 2. The summed E-state index contributed by atoms with van der Waals surface area (Å²) in [4.78, 5) is 24.8. The summed E-state index contributed by atoms with van der Waals surface area (Å²) in [7, 11) is 0. The predicted octanol–water partition coefficient (Wildman–Crippen LogP) is 0.861. The van der Waals surface area contributed by atoms with Crippen molar-refractivity contribution in [3.63, 3.8) is 0 Å². The van der Waals surface area contributed by atoms with Gasteiger partial charge in [-0.3, -0.25) is 4.79 Å². The van der Waals surface area contributed by atoms with Crippen LogP contribution in [0.1, 0.15) is 32.1 Å². The quantitative estimate of drug-likeness (QED) is 0.733. The standard InChI is InChI=1S/C11H15NO3/c13-10(6-1-2-6)12-8-4-3-7(5-8)9(12)11(14)15/h6-9H,1-5H2,(H,14,15)/t7-,8-,9-/m0/s1. The molecule has 1 aliphatic heterocycles. The number of piperidine rings is 1. The Morgan fingerprint density at radius 3 is 2.47 bits per heavy atom. The Kier molecular flexibility index (Phi) is 1.82. The minimum Gasteiger partial charge on any atom is -0.480 e. The smallest absolute Gasteiger partial charge is 0.326 e. The van der Waals surface area contributed by atoms with Gasteiger partial charge in [0.2, 0.25) is 5.91 Å². The lowest BCUT2D eigenvalue weighted by Gasteiger charge is -2.32. The largest absolute Gasteiger partial charge is 0.480 e. The van der Waals surface area contributed by atoms with Crippen molar-refractivity contribution in [2.75, 3.05) is 0 Å². The molecule has 3 atom stereocenters. The highest BCUT2D eigenvalue weighted by atomic mass is 16.4. The van der Waals surface area contributed by atoms with Gasteiger partial charge in [-0.15, -0.1) is 0 Å². The summed E-state index contributed by atoms with van der Waals surface area (Å²) in [6, 6.07) is -0.291. The minimum atomic E-state index is -0.809. The summed E-state index contributed by atoms with van der Waals surface area (Å²) in [6.45, 7) is 0. The number of hydrogen-bond donors (Lipinski definition) is 1. The molecule has 0 unspecified atom stereocenters. The van der Waals surface area contributed by atoms with E-state index in [4.69, 9.17) is 5.11 Å². The Balaban J connectivity index is 1.85. The Bertz CT molecular complexity index is 324. The van der Waals surface area contributed by atoms with Gasteiger partial charge in [0.1, 0.15) is 6.04 Å². The average molecular weight is 209 g/mol. The van der Waals surface area contributed by atoms with Gasteiger partial charge in [0.15, 0.2) is 0 Å². The van der Waals surface area contributed by atoms with Gasteiger partial charge in [-0.05, 0) is 38.0 Å². The highest BCUT2D eigenvalue weighted by Gasteiger charge is 2.53. The van der Waals surface area contributed by atoms with Gasteiger partial charge in [0.25, 0.3) is 0 Å². The zero-order chi connectivity index (χ0) is 10.6. The molecule has 1 amide bonds. The zero-order valence-corrected chi connectivity index (χ0v) is 8.56. The molecule has 0 aromatic carbocycles. The van der Waals surface area contributed by atoms with E-state index in [-0.39, 0.29) is 23.8 Å². The van der Waals surface area contributed by atoms with Crippen LogP contribution in [-0.4, -0.2) is 34.0 Å². The monoisotopic (exact) mass is 209 g/mol. The molecule has 3 fully saturated rings. The summed E-state index contributed by atoms with van der Waals surface area (Å²) in [5.74, 6) is -0.341. The van der Waals surface area contributed by atoms with Crippen molar-refractivity contribution in [2.24, 2.45) is 11.8 Å². The second-order valence-electron chi connectivity index (χ2n) is 5.03. The van der Waals surface area contributed by atoms with Gasteiger partial charge in [-0.2, -0.15) is 0 Å². The van der Waals surface area contributed by atoms with E-state index in [9.17, 15) is 9.59 Å². The van der Waals surface area contributed by atoms with Crippen molar-refractivity contribution < 1.29 is 14.7 Å². The molecule has 1 saturated heterocycles. The molecule has 0 aromatic heterocycles. The molecule has 2 aliphatic carbocycles. The fourth-order valence-electron chi connectivity index (χ4n) is 3.16. The lowest BCUT2D eigenvalue weighted by atomic mass is 9.98. The van der Waals surface area contributed by atoms with Crippen LogP contribution in [0.5, 0.6) is 0 Å². The van der Waals surface area contributed by atoms with E-state index in [0.29, 0.717) is 0 Å². The van der Waals surface area contributed by atoms with Gasteiger partial charge in [0.05, 0.1) is 0 Å². The van der Waals surface area contributed by atoms with E-state index >= 15 is 0 Å². The first-order chi connectivity index (χ1) is 7.18. The number of aliphatic carboxylic acids is 1. The van der Waals surface area contributed by atoms with Gasteiger partial charge in [-0.25, -0.2) is 4.79 Å². The Hall–Kier alpha value is -1.06. The van der Waals surface area contributed by atoms with Crippen LogP contribution in [0, 0.1) is 11.8 Å². The number of carboxylic acid groups (broad SMARTS) is 1. The summed E-state index contributed by atoms with van der Waals surface area (Å²) < 4.78 is 0. The van der Waals surface area contributed by atoms with Crippen LogP contribution in [0.4, 0.5) is 0 Å². The van der Waals surface area contributed by atoms with Crippen LogP contribution >= 0.6 is 0 Å². The van der Waals surface area contributed by atoms with Gasteiger partial charge >= 0.3 is 5.97 Å². The highest BCUT2D eigenvalue weighted by molar-refractivity contribution is 5.87. The molecule has 0 spiro atoms. The maximum Gasteiger partial charge on any atom is 0.326 e. The molecule has 3 aliphatic rings. The second-order valence-corrected chi connectivity index (χ2v) is 5.03. The van der Waals surface area contributed by atoms with Crippen molar-refractivity contribution in [2.45, 2.75) is 44.2 Å². The SMILES string of the molecule is O=C(O)[C@@H]1[C@H]2CC[C@@H](C2)N1C(=O)C1CC1. The van der Waals surface area contributed by atoms with Crippen LogP contribution in [0.25, 0.3) is 0 Å². The highest BCUT2D eigenvalue weighted by Crippen LogP contribution is 2.45. The number of hydrogen-bond acceptors (Lipinski definition) is 2. The fourth-order valence-corrected chi connectivity index (χ4v) is 3.16. The van der Waals surface area contributed by atoms with Crippen molar-refractivity contribution in [1.29, 1.82) is 0 Å². The lowest BCUT2D eigenvalue weighted by molar-refractivity contribution is -0.153. The van der Waals surface area contributed by atoms with Gasteiger partial charge in [-0.1, -0.05) is 0 Å². The predicted molar refractivity (Wildman–Crippen MR) is 52.1 cm³/mol. The van der Waals surface area contributed by atoms with Gasteiger partial charge in [0, 0.05) is 12.0 Å². The molecule has 4 heteroatoms. The molecule has 1 N–H and O–H groups in total. The van der Waals surface area contributed by atoms with E-state index in [1.165, 1.54) is 0 Å². The molecule has 15 heavy (non-hydrogen) atoms. The third-order valence-corrected chi connectivity index (χ3v) is 4.02. The van der Waals surface area contributed by atoms with Crippen LogP contribution < -0.4 is 0 Å². The van der Waals surface area contributed by atoms with E-state index in [1.54, 1.807) is 4.90 Å². The number of amides is 1. The van der Waals surface area contributed by atoms with Crippen molar-refractivity contribution in [3.8, 4) is 0 Å². The summed E-state index contributed by atoms with van der Waals surface area (Å²) >= 11 is 0. The van der Waals surface area contributed by atoms with Crippen LogP contribution in [0.2, 0.25) is 0 Å².